The van der Waals surface area contributed by atoms with Gasteiger partial charge in [-0.15, -0.1) is 11.3 Å². The van der Waals surface area contributed by atoms with Crippen molar-refractivity contribution in [2.45, 2.75) is 31.2 Å². The molecule has 4 nitrogen and oxygen atoms in total. The Morgan fingerprint density at radius 2 is 1.81 bits per heavy atom. The molecule has 0 aliphatic carbocycles. The van der Waals surface area contributed by atoms with E-state index in [-0.39, 0.29) is 14.9 Å². The van der Waals surface area contributed by atoms with Crippen molar-refractivity contribution >= 4 is 44.6 Å². The third-order valence-corrected chi connectivity index (χ3v) is 6.58. The first-order valence-corrected chi connectivity index (χ1v) is 9.10. The van der Waals surface area contributed by atoms with Gasteiger partial charge in [-0.2, -0.15) is 4.72 Å². The highest BCUT2D eigenvalue weighted by Crippen LogP contribution is 2.32. The Morgan fingerprint density at radius 3 is 2.29 bits per heavy atom. The summed E-state index contributed by atoms with van der Waals surface area (Å²) in [5.41, 5.74) is -0.861. The molecule has 1 heterocycles. The van der Waals surface area contributed by atoms with Gasteiger partial charge in [-0.3, -0.25) is 0 Å². The summed E-state index contributed by atoms with van der Waals surface area (Å²) >= 11 is 13.4. The second-order valence-corrected chi connectivity index (χ2v) is 8.73. The summed E-state index contributed by atoms with van der Waals surface area (Å²) in [6, 6.07) is 4.57. The molecule has 21 heavy (non-hydrogen) atoms. The minimum absolute atomic E-state index is 0.0844. The molecule has 0 saturated carbocycles. The van der Waals surface area contributed by atoms with Gasteiger partial charge >= 0.3 is 0 Å². The zero-order valence-corrected chi connectivity index (χ0v) is 14.8. The minimum atomic E-state index is -3.87. The van der Waals surface area contributed by atoms with Crippen LogP contribution in [0.4, 0.5) is 0 Å². The highest BCUT2D eigenvalue weighted by molar-refractivity contribution is 7.89. The molecule has 0 atom stereocenters. The van der Waals surface area contributed by atoms with Gasteiger partial charge in [0.1, 0.15) is 9.90 Å². The van der Waals surface area contributed by atoms with E-state index >= 15 is 0 Å². The molecule has 0 amide bonds. The van der Waals surface area contributed by atoms with Gasteiger partial charge in [0.25, 0.3) is 0 Å². The third kappa shape index (κ3) is 3.57. The minimum Gasteiger partial charge on any atom is -0.247 e. The summed E-state index contributed by atoms with van der Waals surface area (Å²) in [5, 5.41) is 0.842. The molecule has 0 aliphatic heterocycles. The quantitative estimate of drug-likeness (QED) is 0.892. The van der Waals surface area contributed by atoms with Crippen LogP contribution in [0.3, 0.4) is 0 Å². The van der Waals surface area contributed by atoms with Gasteiger partial charge in [0.05, 0.1) is 15.6 Å². The maximum absolute atomic E-state index is 12.6. The zero-order chi connectivity index (χ0) is 15.8. The van der Waals surface area contributed by atoms with E-state index < -0.39 is 15.6 Å². The lowest BCUT2D eigenvalue weighted by Crippen LogP contribution is -2.41. The van der Waals surface area contributed by atoms with Crippen molar-refractivity contribution in [1.29, 1.82) is 0 Å². The van der Waals surface area contributed by atoms with Crippen LogP contribution in [0.5, 0.6) is 0 Å². The van der Waals surface area contributed by atoms with Crippen molar-refractivity contribution in [3.8, 4) is 0 Å². The number of aryl methyl sites for hydroxylation is 1. The summed E-state index contributed by atoms with van der Waals surface area (Å²) in [4.78, 5) is 5.13. The fourth-order valence-electron chi connectivity index (χ4n) is 1.81. The average molecular weight is 365 g/mol. The van der Waals surface area contributed by atoms with Crippen molar-refractivity contribution < 1.29 is 8.42 Å². The SMILES string of the molecule is Cc1cnc(C(C)(C)NS(=O)(=O)c2c(Cl)cccc2Cl)s1. The lowest BCUT2D eigenvalue weighted by Gasteiger charge is -2.24. The molecule has 8 heteroatoms. The van der Waals surface area contributed by atoms with Crippen LogP contribution >= 0.6 is 34.5 Å². The van der Waals surface area contributed by atoms with Crippen LogP contribution in [0.25, 0.3) is 0 Å². The lowest BCUT2D eigenvalue weighted by atomic mass is 10.1. The first kappa shape index (κ1) is 16.7. The van der Waals surface area contributed by atoms with Gasteiger partial charge in [-0.05, 0) is 32.9 Å². The van der Waals surface area contributed by atoms with Gasteiger partial charge in [0, 0.05) is 11.1 Å². The number of halogens is 2. The average Bonchev–Trinajstić information content (AvgIpc) is 2.74. The molecule has 0 spiro atoms. The molecule has 1 N–H and O–H groups in total. The van der Waals surface area contributed by atoms with Crippen molar-refractivity contribution in [2.24, 2.45) is 0 Å². The number of hydrogen-bond acceptors (Lipinski definition) is 4. The van der Waals surface area contributed by atoms with Crippen molar-refractivity contribution in [1.82, 2.24) is 9.71 Å². The van der Waals surface area contributed by atoms with Crippen LogP contribution in [-0.2, 0) is 15.6 Å². The predicted molar refractivity (Wildman–Crippen MR) is 86.7 cm³/mol. The summed E-state index contributed by atoms with van der Waals surface area (Å²) in [5.74, 6) is 0. The van der Waals surface area contributed by atoms with Gasteiger partial charge in [0.15, 0.2) is 0 Å². The van der Waals surface area contributed by atoms with Gasteiger partial charge < -0.3 is 0 Å². The van der Waals surface area contributed by atoms with E-state index in [0.717, 1.165) is 4.88 Å². The first-order valence-electron chi connectivity index (χ1n) is 6.04. The molecule has 1 aromatic carbocycles. The molecule has 0 aliphatic rings. The first-order chi connectivity index (χ1) is 9.63. The predicted octanol–water partition coefficient (Wildman–Crippen LogP) is 3.97. The van der Waals surface area contributed by atoms with E-state index in [0.29, 0.717) is 5.01 Å². The summed E-state index contributed by atoms with van der Waals surface area (Å²) in [6.45, 7) is 5.40. The molecule has 0 saturated heterocycles. The van der Waals surface area contributed by atoms with Gasteiger partial charge in [-0.25, -0.2) is 13.4 Å². The Labute approximate surface area is 138 Å². The smallest absolute Gasteiger partial charge is 0.244 e. The van der Waals surface area contributed by atoms with Crippen molar-refractivity contribution in [3.05, 3.63) is 44.3 Å². The summed E-state index contributed by atoms with van der Waals surface area (Å²) in [6.07, 6.45) is 1.71. The monoisotopic (exact) mass is 364 g/mol. The fraction of sp³-hybridized carbons (Fsp3) is 0.308. The zero-order valence-electron chi connectivity index (χ0n) is 11.6. The Hall–Kier alpha value is -0.660. The Morgan fingerprint density at radius 1 is 1.24 bits per heavy atom. The molecule has 2 aromatic rings. The maximum Gasteiger partial charge on any atom is 0.244 e. The van der Waals surface area contributed by atoms with Crippen LogP contribution < -0.4 is 4.72 Å². The van der Waals surface area contributed by atoms with Gasteiger partial charge in [0.2, 0.25) is 10.0 Å². The molecular formula is C13H14Cl2N2O2S2. The molecule has 0 bridgehead atoms. The lowest BCUT2D eigenvalue weighted by molar-refractivity contribution is 0.470. The van der Waals surface area contributed by atoms with E-state index in [4.69, 9.17) is 23.2 Å². The third-order valence-electron chi connectivity index (χ3n) is 2.73. The van der Waals surface area contributed by atoms with E-state index in [2.05, 4.69) is 9.71 Å². The molecule has 0 unspecified atom stereocenters. The van der Waals surface area contributed by atoms with E-state index in [1.165, 1.54) is 23.5 Å². The fourth-order valence-corrected chi connectivity index (χ4v) is 5.23. The molecule has 114 valence electrons. The second-order valence-electron chi connectivity index (χ2n) is 5.06. The largest absolute Gasteiger partial charge is 0.247 e. The summed E-state index contributed by atoms with van der Waals surface area (Å²) in [7, 11) is -3.87. The highest BCUT2D eigenvalue weighted by atomic mass is 35.5. The number of aromatic nitrogens is 1. The Balaban J connectivity index is 2.42. The van der Waals surface area contributed by atoms with Crippen LogP contribution in [0.15, 0.2) is 29.3 Å². The van der Waals surface area contributed by atoms with Crippen LogP contribution in [0.1, 0.15) is 23.7 Å². The second kappa shape index (κ2) is 5.85. The van der Waals surface area contributed by atoms with Crippen LogP contribution in [-0.4, -0.2) is 13.4 Å². The maximum atomic E-state index is 12.6. The van der Waals surface area contributed by atoms with Crippen LogP contribution in [0, 0.1) is 6.92 Å². The summed E-state index contributed by atoms with van der Waals surface area (Å²) < 4.78 is 27.7. The molecule has 2 rings (SSSR count). The van der Waals surface area contributed by atoms with Gasteiger partial charge in [-0.1, -0.05) is 29.3 Å². The van der Waals surface area contributed by atoms with E-state index in [1.807, 2.05) is 6.92 Å². The molecule has 1 aromatic heterocycles. The number of hydrogen-bond donors (Lipinski definition) is 1. The Kier molecular flexibility index (Phi) is 4.66. The van der Waals surface area contributed by atoms with Crippen LogP contribution in [0.2, 0.25) is 10.0 Å². The molecule has 0 radical (unpaired) electrons. The number of sulfonamides is 1. The standard InChI is InChI=1S/C13H14Cl2N2O2S2/c1-8-7-16-12(20-8)13(2,3)17-21(18,19)11-9(14)5-4-6-10(11)15/h4-7,17H,1-3H3. The highest BCUT2D eigenvalue weighted by Gasteiger charge is 2.32. The number of nitrogens with zero attached hydrogens (tertiary/aromatic N) is 1. The van der Waals surface area contributed by atoms with Crippen molar-refractivity contribution in [2.75, 3.05) is 0 Å². The molecular weight excluding hydrogens is 351 g/mol. The van der Waals surface area contributed by atoms with E-state index in [9.17, 15) is 8.42 Å². The normalized spacial score (nSPS) is 12.6. The number of nitrogens with one attached hydrogen (secondary N) is 1. The number of benzene rings is 1. The van der Waals surface area contributed by atoms with E-state index in [1.54, 1.807) is 26.1 Å². The Bertz CT molecular complexity index is 750. The number of thiazole rings is 1. The van der Waals surface area contributed by atoms with Crippen molar-refractivity contribution in [3.63, 3.8) is 0 Å². The topological polar surface area (TPSA) is 59.1 Å². The molecule has 0 fully saturated rings. The number of rotatable bonds is 4.